The summed E-state index contributed by atoms with van der Waals surface area (Å²) in [4.78, 5) is 62.2. The van der Waals surface area contributed by atoms with E-state index in [4.69, 9.17) is 4.74 Å². The van der Waals surface area contributed by atoms with Gasteiger partial charge in [-0.3, -0.25) is 34.4 Å². The van der Waals surface area contributed by atoms with Crippen molar-refractivity contribution in [2.24, 2.45) is 5.92 Å². The fourth-order valence-corrected chi connectivity index (χ4v) is 4.22. The summed E-state index contributed by atoms with van der Waals surface area (Å²) in [6, 6.07) is 24.8. The van der Waals surface area contributed by atoms with E-state index in [0.717, 1.165) is 16.1 Å². The average Bonchev–Trinajstić information content (AvgIpc) is 3.28. The maximum Gasteiger partial charge on any atom is 0.311 e. The lowest BCUT2D eigenvalue weighted by atomic mass is 9.91. The Bertz CT molecular complexity index is 1300. The van der Waals surface area contributed by atoms with Gasteiger partial charge in [-0.15, -0.1) is 0 Å². The van der Waals surface area contributed by atoms with E-state index >= 15 is 0 Å². The van der Waals surface area contributed by atoms with Crippen LogP contribution in [0.25, 0.3) is 0 Å². The molecule has 0 aliphatic carbocycles. The average molecular weight is 514 g/mol. The zero-order valence-electron chi connectivity index (χ0n) is 20.8. The van der Waals surface area contributed by atoms with Crippen LogP contribution in [0, 0.1) is 5.92 Å². The second kappa shape index (κ2) is 12.0. The Morgan fingerprint density at radius 3 is 2.16 bits per heavy atom. The van der Waals surface area contributed by atoms with Gasteiger partial charge < -0.3 is 10.1 Å². The normalized spacial score (nSPS) is 14.7. The molecule has 3 aromatic carbocycles. The van der Waals surface area contributed by atoms with E-state index in [9.17, 15) is 24.0 Å². The molecule has 3 amide bonds. The monoisotopic (exact) mass is 513 g/mol. The zero-order valence-corrected chi connectivity index (χ0v) is 20.8. The highest BCUT2D eigenvalue weighted by Crippen LogP contribution is 2.26. The molecule has 194 valence electrons. The minimum Gasteiger partial charge on any atom is -0.455 e. The molecule has 1 fully saturated rings. The van der Waals surface area contributed by atoms with Crippen LogP contribution in [-0.2, 0) is 23.9 Å². The Morgan fingerprint density at radius 2 is 1.55 bits per heavy atom. The number of hydrazine groups is 1. The number of carbonyl (C=O) groups is 5. The van der Waals surface area contributed by atoms with E-state index in [-0.39, 0.29) is 18.7 Å². The number of carbonyl (C=O) groups excluding carboxylic acids is 5. The van der Waals surface area contributed by atoms with E-state index in [1.165, 1.54) is 13.0 Å². The highest BCUT2D eigenvalue weighted by Gasteiger charge is 2.37. The van der Waals surface area contributed by atoms with Crippen LogP contribution in [0.3, 0.4) is 0 Å². The highest BCUT2D eigenvalue weighted by molar-refractivity contribution is 5.98. The third-order valence-electron chi connectivity index (χ3n) is 6.13. The van der Waals surface area contributed by atoms with Gasteiger partial charge in [-0.05, 0) is 30.2 Å². The Balaban J connectivity index is 1.33. The summed E-state index contributed by atoms with van der Waals surface area (Å²) < 4.78 is 5.12. The molecule has 0 spiro atoms. The molecule has 1 atom stereocenters. The fraction of sp³-hybridized carbons (Fsp3) is 0.207. The van der Waals surface area contributed by atoms with Crippen LogP contribution in [0.15, 0.2) is 84.9 Å². The van der Waals surface area contributed by atoms with Crippen LogP contribution >= 0.6 is 0 Å². The summed E-state index contributed by atoms with van der Waals surface area (Å²) in [6.45, 7) is 0.799. The molecule has 38 heavy (non-hydrogen) atoms. The summed E-state index contributed by atoms with van der Waals surface area (Å²) in [6.07, 6.45) is -0.150. The van der Waals surface area contributed by atoms with Gasteiger partial charge in [0.15, 0.2) is 12.4 Å². The molecule has 0 radical (unpaired) electrons. The van der Waals surface area contributed by atoms with Crippen molar-refractivity contribution in [3.8, 4) is 0 Å². The van der Waals surface area contributed by atoms with Crippen LogP contribution in [0.5, 0.6) is 0 Å². The van der Waals surface area contributed by atoms with Gasteiger partial charge in [0.25, 0.3) is 11.8 Å². The molecule has 2 N–H and O–H groups in total. The number of esters is 1. The summed E-state index contributed by atoms with van der Waals surface area (Å²) >= 11 is 0. The van der Waals surface area contributed by atoms with Crippen molar-refractivity contribution in [3.05, 3.63) is 102 Å². The van der Waals surface area contributed by atoms with Crippen molar-refractivity contribution in [3.63, 3.8) is 0 Å². The molecule has 0 bridgehead atoms. The quantitative estimate of drug-likeness (QED) is 0.335. The van der Waals surface area contributed by atoms with E-state index in [1.54, 1.807) is 18.2 Å². The maximum absolute atomic E-state index is 13.3. The van der Waals surface area contributed by atoms with E-state index < -0.39 is 42.1 Å². The molecule has 3 aromatic rings. The van der Waals surface area contributed by atoms with Crippen molar-refractivity contribution in [2.75, 3.05) is 18.5 Å². The van der Waals surface area contributed by atoms with Crippen LogP contribution in [0.2, 0.25) is 0 Å². The first-order valence-corrected chi connectivity index (χ1v) is 12.1. The first-order chi connectivity index (χ1) is 18.3. The number of hydrogen-bond acceptors (Lipinski definition) is 6. The molecule has 1 saturated heterocycles. The number of benzene rings is 3. The molecule has 0 aromatic heterocycles. The third kappa shape index (κ3) is 6.50. The van der Waals surface area contributed by atoms with Gasteiger partial charge in [0.05, 0.1) is 18.4 Å². The van der Waals surface area contributed by atoms with Crippen LogP contribution in [-0.4, -0.2) is 47.6 Å². The minimum absolute atomic E-state index is 0.0675. The summed E-state index contributed by atoms with van der Waals surface area (Å²) in [5, 5.41) is 3.69. The summed E-state index contributed by atoms with van der Waals surface area (Å²) in [7, 11) is 0. The zero-order chi connectivity index (χ0) is 27.1. The maximum atomic E-state index is 13.3. The van der Waals surface area contributed by atoms with Crippen LogP contribution in [0.1, 0.15) is 40.7 Å². The predicted molar refractivity (Wildman–Crippen MR) is 139 cm³/mol. The minimum atomic E-state index is -0.830. The van der Waals surface area contributed by atoms with Gasteiger partial charge in [0, 0.05) is 17.7 Å². The van der Waals surface area contributed by atoms with Gasteiger partial charge in [-0.25, -0.2) is 0 Å². The first-order valence-electron chi connectivity index (χ1n) is 12.1. The molecule has 1 heterocycles. The van der Waals surface area contributed by atoms with Crippen LogP contribution < -0.4 is 10.7 Å². The van der Waals surface area contributed by atoms with Crippen molar-refractivity contribution in [1.82, 2.24) is 10.4 Å². The molecule has 0 saturated carbocycles. The summed E-state index contributed by atoms with van der Waals surface area (Å²) in [5.41, 5.74) is 5.01. The van der Waals surface area contributed by atoms with Crippen molar-refractivity contribution in [1.29, 1.82) is 0 Å². The number of ketones is 1. The van der Waals surface area contributed by atoms with Gasteiger partial charge in [-0.2, -0.15) is 0 Å². The smallest absolute Gasteiger partial charge is 0.311 e. The van der Waals surface area contributed by atoms with Crippen molar-refractivity contribution < 1.29 is 28.7 Å². The molecule has 0 unspecified atom stereocenters. The first kappa shape index (κ1) is 26.3. The molecule has 1 aliphatic heterocycles. The lowest BCUT2D eigenvalue weighted by Crippen LogP contribution is -2.45. The van der Waals surface area contributed by atoms with Gasteiger partial charge in [0.2, 0.25) is 5.91 Å². The number of nitrogens with one attached hydrogen (secondary N) is 2. The van der Waals surface area contributed by atoms with Crippen LogP contribution in [0.4, 0.5) is 5.69 Å². The Kier molecular flexibility index (Phi) is 8.27. The third-order valence-corrected chi connectivity index (χ3v) is 6.13. The number of ether oxygens (including phenoxy) is 1. The molecule has 1 aliphatic rings. The van der Waals surface area contributed by atoms with Gasteiger partial charge >= 0.3 is 5.97 Å². The van der Waals surface area contributed by atoms with E-state index in [0.29, 0.717) is 11.3 Å². The molecular formula is C29H27N3O6. The Hall–Kier alpha value is -4.79. The standard InChI is InChI=1S/C29H27N3O6/c1-19(33)22-13-8-14-24(15-22)30-25(34)18-38-29(37)23-16-26(35)32(17-23)31-28(36)27(20-9-4-2-5-10-20)21-11-6-3-7-12-21/h2-15,23,27H,16-18H2,1H3,(H,30,34)(H,31,36)/t23-/m0/s1. The number of anilines is 1. The SMILES string of the molecule is CC(=O)c1cccc(NC(=O)COC(=O)[C@H]2CC(=O)N(NC(=O)C(c3ccccc3)c3ccccc3)C2)c1. The lowest BCUT2D eigenvalue weighted by molar-refractivity contribution is -0.151. The number of nitrogens with zero attached hydrogens (tertiary/aromatic N) is 1. The molecule has 4 rings (SSSR count). The second-order valence-electron chi connectivity index (χ2n) is 8.93. The fourth-order valence-electron chi connectivity index (χ4n) is 4.22. The largest absolute Gasteiger partial charge is 0.455 e. The number of rotatable bonds is 9. The van der Waals surface area contributed by atoms with E-state index in [1.807, 2.05) is 60.7 Å². The van der Waals surface area contributed by atoms with E-state index in [2.05, 4.69) is 10.7 Å². The number of Topliss-reactive ketones (excluding diaryl/α,β-unsaturated/α-hetero) is 1. The van der Waals surface area contributed by atoms with Gasteiger partial charge in [-0.1, -0.05) is 72.8 Å². The predicted octanol–water partition coefficient (Wildman–Crippen LogP) is 3.08. The number of amides is 3. The second-order valence-corrected chi connectivity index (χ2v) is 8.93. The Morgan fingerprint density at radius 1 is 0.921 bits per heavy atom. The molecule has 9 heteroatoms. The molecule has 9 nitrogen and oxygen atoms in total. The lowest BCUT2D eigenvalue weighted by Gasteiger charge is -2.23. The summed E-state index contributed by atoms with van der Waals surface area (Å²) in [5.74, 6) is -3.76. The Labute approximate surface area is 219 Å². The van der Waals surface area contributed by atoms with Crippen molar-refractivity contribution in [2.45, 2.75) is 19.3 Å². The highest BCUT2D eigenvalue weighted by atomic mass is 16.5. The molecular weight excluding hydrogens is 486 g/mol. The van der Waals surface area contributed by atoms with Gasteiger partial charge in [0.1, 0.15) is 0 Å². The topological polar surface area (TPSA) is 122 Å². The van der Waals surface area contributed by atoms with Crippen molar-refractivity contribution >= 4 is 35.2 Å². The number of hydrogen-bond donors (Lipinski definition) is 2.